The smallest absolute Gasteiger partial charge is 0.253 e. The van der Waals surface area contributed by atoms with Crippen LogP contribution in [0.1, 0.15) is 42.5 Å². The summed E-state index contributed by atoms with van der Waals surface area (Å²) >= 11 is 0. The van der Waals surface area contributed by atoms with E-state index in [1.54, 1.807) is 12.1 Å². The highest BCUT2D eigenvalue weighted by atomic mass is 32.2. The molecule has 1 saturated heterocycles. The molecular formula is C16H24N2O3S. The summed E-state index contributed by atoms with van der Waals surface area (Å²) in [6.45, 7) is 1.51. The highest BCUT2D eigenvalue weighted by molar-refractivity contribution is 7.89. The number of hydrogen-bond donors (Lipinski definition) is 0. The van der Waals surface area contributed by atoms with Gasteiger partial charge in [-0.25, -0.2) is 12.7 Å². The van der Waals surface area contributed by atoms with Crippen molar-refractivity contribution in [3.8, 4) is 0 Å². The van der Waals surface area contributed by atoms with Crippen molar-refractivity contribution in [3.05, 3.63) is 29.8 Å². The summed E-state index contributed by atoms with van der Waals surface area (Å²) in [5, 5.41) is 0. The van der Waals surface area contributed by atoms with Gasteiger partial charge in [0.1, 0.15) is 0 Å². The second-order valence-corrected chi connectivity index (χ2v) is 8.03. The van der Waals surface area contributed by atoms with Crippen molar-refractivity contribution in [1.82, 2.24) is 9.21 Å². The summed E-state index contributed by atoms with van der Waals surface area (Å²) in [4.78, 5) is 14.6. The molecule has 2 rings (SSSR count). The monoisotopic (exact) mass is 324 g/mol. The van der Waals surface area contributed by atoms with Gasteiger partial charge in [-0.1, -0.05) is 25.3 Å². The molecule has 0 radical (unpaired) electrons. The summed E-state index contributed by atoms with van der Waals surface area (Å²) in [6.07, 6.45) is 5.57. The maximum Gasteiger partial charge on any atom is 0.253 e. The SMILES string of the molecule is CN(C)S(=O)(=O)c1cccc(C(=O)N2CCCCCCC2)c1. The van der Waals surface area contributed by atoms with Gasteiger partial charge in [0.05, 0.1) is 4.90 Å². The lowest BCUT2D eigenvalue weighted by Crippen LogP contribution is -2.34. The molecule has 0 aliphatic carbocycles. The summed E-state index contributed by atoms with van der Waals surface area (Å²) < 4.78 is 25.5. The molecule has 1 amide bonds. The third kappa shape index (κ3) is 3.87. The number of carbonyl (C=O) groups excluding carboxylic acids is 1. The topological polar surface area (TPSA) is 57.7 Å². The van der Waals surface area contributed by atoms with Crippen LogP contribution in [0.25, 0.3) is 0 Å². The number of rotatable bonds is 3. The largest absolute Gasteiger partial charge is 0.339 e. The lowest BCUT2D eigenvalue weighted by molar-refractivity contribution is 0.0742. The predicted octanol–water partition coefficient (Wildman–Crippen LogP) is 2.34. The lowest BCUT2D eigenvalue weighted by Gasteiger charge is -2.25. The van der Waals surface area contributed by atoms with Crippen LogP contribution in [0.4, 0.5) is 0 Å². The number of carbonyl (C=O) groups is 1. The molecule has 22 heavy (non-hydrogen) atoms. The van der Waals surface area contributed by atoms with E-state index in [1.165, 1.54) is 32.6 Å². The minimum atomic E-state index is -3.51. The standard InChI is InChI=1S/C16H24N2O3S/c1-17(2)22(20,21)15-10-8-9-14(13-15)16(19)18-11-6-4-3-5-7-12-18/h8-10,13H,3-7,11-12H2,1-2H3. The van der Waals surface area contributed by atoms with Crippen LogP contribution < -0.4 is 0 Å². The van der Waals surface area contributed by atoms with Crippen molar-refractivity contribution in [3.63, 3.8) is 0 Å². The summed E-state index contributed by atoms with van der Waals surface area (Å²) in [5.74, 6) is -0.0716. The number of nitrogens with zero attached hydrogens (tertiary/aromatic N) is 2. The van der Waals surface area contributed by atoms with Crippen LogP contribution in [0.15, 0.2) is 29.2 Å². The van der Waals surface area contributed by atoms with Gasteiger partial charge in [-0.2, -0.15) is 0 Å². The van der Waals surface area contributed by atoms with Gasteiger partial charge in [0.15, 0.2) is 0 Å². The van der Waals surface area contributed by atoms with Crippen molar-refractivity contribution in [2.45, 2.75) is 37.0 Å². The number of sulfonamides is 1. The van der Waals surface area contributed by atoms with E-state index in [-0.39, 0.29) is 10.8 Å². The first kappa shape index (κ1) is 17.0. The maximum absolute atomic E-state index is 12.6. The number of hydrogen-bond acceptors (Lipinski definition) is 3. The Morgan fingerprint density at radius 1 is 1.05 bits per heavy atom. The highest BCUT2D eigenvalue weighted by Gasteiger charge is 2.21. The highest BCUT2D eigenvalue weighted by Crippen LogP contribution is 2.18. The number of amides is 1. The Kier molecular flexibility index (Phi) is 5.58. The van der Waals surface area contributed by atoms with Crippen LogP contribution in [0.5, 0.6) is 0 Å². The van der Waals surface area contributed by atoms with Gasteiger partial charge in [-0.05, 0) is 31.0 Å². The molecule has 1 aliphatic rings. The van der Waals surface area contributed by atoms with Gasteiger partial charge >= 0.3 is 0 Å². The minimum Gasteiger partial charge on any atom is -0.339 e. The van der Waals surface area contributed by atoms with Crippen LogP contribution in [0.2, 0.25) is 0 Å². The molecule has 1 aromatic rings. The molecule has 1 aromatic carbocycles. The van der Waals surface area contributed by atoms with E-state index < -0.39 is 10.0 Å². The summed E-state index contributed by atoms with van der Waals surface area (Å²) in [6, 6.07) is 6.33. The molecule has 5 nitrogen and oxygen atoms in total. The van der Waals surface area contributed by atoms with Crippen molar-refractivity contribution < 1.29 is 13.2 Å². The molecule has 0 N–H and O–H groups in total. The van der Waals surface area contributed by atoms with Gasteiger partial charge < -0.3 is 4.90 Å². The summed E-state index contributed by atoms with van der Waals surface area (Å²) in [5.41, 5.74) is 0.448. The fraction of sp³-hybridized carbons (Fsp3) is 0.562. The molecule has 6 heteroatoms. The Morgan fingerprint density at radius 3 is 2.23 bits per heavy atom. The van der Waals surface area contributed by atoms with Gasteiger partial charge in [0, 0.05) is 32.7 Å². The molecular weight excluding hydrogens is 300 g/mol. The molecule has 0 spiro atoms. The second kappa shape index (κ2) is 7.24. The van der Waals surface area contributed by atoms with Gasteiger partial charge in [-0.15, -0.1) is 0 Å². The third-order valence-corrected chi connectivity index (χ3v) is 5.81. The summed E-state index contributed by atoms with van der Waals surface area (Å²) in [7, 11) is -0.538. The van der Waals surface area contributed by atoms with Gasteiger partial charge in [0.2, 0.25) is 10.0 Å². The van der Waals surface area contributed by atoms with E-state index >= 15 is 0 Å². The van der Waals surface area contributed by atoms with Crippen molar-refractivity contribution in [1.29, 1.82) is 0 Å². The van der Waals surface area contributed by atoms with Crippen LogP contribution >= 0.6 is 0 Å². The van der Waals surface area contributed by atoms with Crippen LogP contribution in [0, 0.1) is 0 Å². The molecule has 122 valence electrons. The molecule has 0 aromatic heterocycles. The molecule has 0 unspecified atom stereocenters. The zero-order chi connectivity index (χ0) is 16.2. The Bertz CT molecular complexity index is 618. The molecule has 1 heterocycles. The normalized spacial score (nSPS) is 17.1. The van der Waals surface area contributed by atoms with E-state index in [2.05, 4.69) is 0 Å². The first-order chi connectivity index (χ1) is 10.4. The maximum atomic E-state index is 12.6. The fourth-order valence-corrected chi connectivity index (χ4v) is 3.58. The average molecular weight is 324 g/mol. The fourth-order valence-electron chi connectivity index (χ4n) is 2.63. The lowest BCUT2D eigenvalue weighted by atomic mass is 10.1. The molecule has 0 atom stereocenters. The van der Waals surface area contributed by atoms with E-state index in [1.807, 2.05) is 4.90 Å². The molecule has 0 saturated carbocycles. The van der Waals surface area contributed by atoms with Crippen molar-refractivity contribution >= 4 is 15.9 Å². The first-order valence-corrected chi connectivity index (χ1v) is 9.19. The van der Waals surface area contributed by atoms with Crippen LogP contribution in [0.3, 0.4) is 0 Å². The van der Waals surface area contributed by atoms with E-state index in [0.717, 1.165) is 43.1 Å². The van der Waals surface area contributed by atoms with Crippen molar-refractivity contribution in [2.24, 2.45) is 0 Å². The van der Waals surface area contributed by atoms with Gasteiger partial charge in [0.25, 0.3) is 5.91 Å². The Balaban J connectivity index is 2.23. The zero-order valence-electron chi connectivity index (χ0n) is 13.3. The molecule has 0 bridgehead atoms. The van der Waals surface area contributed by atoms with Crippen LogP contribution in [-0.4, -0.2) is 50.7 Å². The second-order valence-electron chi connectivity index (χ2n) is 5.88. The van der Waals surface area contributed by atoms with Crippen molar-refractivity contribution in [2.75, 3.05) is 27.2 Å². The Labute approximate surface area is 133 Å². The zero-order valence-corrected chi connectivity index (χ0v) is 14.1. The number of likely N-dealkylation sites (tertiary alicyclic amines) is 1. The third-order valence-electron chi connectivity index (χ3n) is 4.00. The molecule has 1 aliphatic heterocycles. The predicted molar refractivity (Wildman–Crippen MR) is 86.3 cm³/mol. The number of benzene rings is 1. The quantitative estimate of drug-likeness (QED) is 0.857. The van der Waals surface area contributed by atoms with E-state index in [0.29, 0.717) is 5.56 Å². The Hall–Kier alpha value is -1.40. The minimum absolute atomic E-state index is 0.0716. The van der Waals surface area contributed by atoms with E-state index in [4.69, 9.17) is 0 Å². The average Bonchev–Trinajstić information content (AvgIpc) is 2.46. The molecule has 1 fully saturated rings. The Morgan fingerprint density at radius 2 is 1.64 bits per heavy atom. The van der Waals surface area contributed by atoms with Gasteiger partial charge in [-0.3, -0.25) is 4.79 Å². The van der Waals surface area contributed by atoms with Crippen LogP contribution in [-0.2, 0) is 10.0 Å². The first-order valence-electron chi connectivity index (χ1n) is 7.75. The van der Waals surface area contributed by atoms with E-state index in [9.17, 15) is 13.2 Å².